The molecule has 0 aliphatic rings. The van der Waals surface area contributed by atoms with Crippen LogP contribution in [0.5, 0.6) is 0 Å². The van der Waals surface area contributed by atoms with Gasteiger partial charge in [0.15, 0.2) is 10.7 Å². The Labute approximate surface area is 165 Å². The van der Waals surface area contributed by atoms with E-state index in [0.717, 1.165) is 5.06 Å². The maximum atomic E-state index is 13.0. The molecule has 2 rings (SSSR count). The normalized spacial score (nSPS) is 11.2. The van der Waals surface area contributed by atoms with E-state index in [1.165, 1.54) is 45.2 Å². The quantitative estimate of drug-likeness (QED) is 0.371. The number of hydroxylamine groups is 2. The standard InChI is InChI=1S/C17H18FN3O7S/c1-10-16(11(2)28-19-10)29(25,26)20-17(24)14(22)8-15(23)21(27-3)9-12-4-6-13(18)7-5-12/h4-7H,8-9H2,1-3H3,(H,20,24). The second-order valence-corrected chi connectivity index (χ2v) is 7.55. The number of aromatic nitrogens is 1. The molecule has 2 amide bonds. The van der Waals surface area contributed by atoms with E-state index < -0.39 is 39.9 Å². The summed E-state index contributed by atoms with van der Waals surface area (Å²) in [6.45, 7) is 2.57. The van der Waals surface area contributed by atoms with Crippen LogP contribution in [0.1, 0.15) is 23.4 Å². The second kappa shape index (κ2) is 8.92. The molecule has 0 aliphatic carbocycles. The molecule has 12 heteroatoms. The highest BCUT2D eigenvalue weighted by molar-refractivity contribution is 7.90. The van der Waals surface area contributed by atoms with Crippen LogP contribution in [-0.2, 0) is 35.8 Å². The van der Waals surface area contributed by atoms with Crippen molar-refractivity contribution in [2.24, 2.45) is 0 Å². The molecular formula is C17H18FN3O7S. The molecule has 0 bridgehead atoms. The molecule has 0 aliphatic heterocycles. The third-order valence-corrected chi connectivity index (χ3v) is 5.34. The number of benzene rings is 1. The van der Waals surface area contributed by atoms with Crippen LogP contribution in [0.25, 0.3) is 0 Å². The predicted molar refractivity (Wildman–Crippen MR) is 94.9 cm³/mol. The van der Waals surface area contributed by atoms with Crippen LogP contribution in [0.2, 0.25) is 0 Å². The monoisotopic (exact) mass is 427 g/mol. The third kappa shape index (κ3) is 5.45. The number of Topliss-reactive ketones (excluding diaryl/α,β-unsaturated/α-hetero) is 1. The number of halogens is 1. The van der Waals surface area contributed by atoms with Gasteiger partial charge in [0.1, 0.15) is 11.5 Å². The Morgan fingerprint density at radius 3 is 2.34 bits per heavy atom. The molecule has 1 heterocycles. The number of rotatable bonds is 8. The van der Waals surface area contributed by atoms with E-state index in [1.54, 1.807) is 4.72 Å². The van der Waals surface area contributed by atoms with Crippen LogP contribution in [0, 0.1) is 19.7 Å². The van der Waals surface area contributed by atoms with Crippen molar-refractivity contribution < 1.29 is 36.6 Å². The minimum absolute atomic E-state index is 0.0104. The first-order valence-corrected chi connectivity index (χ1v) is 9.65. The van der Waals surface area contributed by atoms with E-state index in [1.807, 2.05) is 0 Å². The summed E-state index contributed by atoms with van der Waals surface area (Å²) >= 11 is 0. The topological polar surface area (TPSA) is 136 Å². The van der Waals surface area contributed by atoms with Crippen molar-refractivity contribution in [2.45, 2.75) is 31.7 Å². The van der Waals surface area contributed by atoms with Crippen molar-refractivity contribution in [3.05, 3.63) is 47.1 Å². The van der Waals surface area contributed by atoms with Crippen LogP contribution < -0.4 is 4.72 Å². The van der Waals surface area contributed by atoms with Crippen LogP contribution in [-0.4, -0.2) is 43.3 Å². The van der Waals surface area contributed by atoms with Gasteiger partial charge in [-0.3, -0.25) is 19.2 Å². The number of nitrogens with zero attached hydrogens (tertiary/aromatic N) is 2. The number of aryl methyl sites for hydroxylation is 2. The Morgan fingerprint density at radius 2 is 1.83 bits per heavy atom. The number of sulfonamides is 1. The summed E-state index contributed by atoms with van der Waals surface area (Å²) in [4.78, 5) is 40.7. The fourth-order valence-electron chi connectivity index (χ4n) is 2.40. The van der Waals surface area contributed by atoms with Gasteiger partial charge in [-0.15, -0.1) is 0 Å². The Bertz CT molecular complexity index is 1010. The summed E-state index contributed by atoms with van der Waals surface area (Å²) in [6.07, 6.45) is -0.933. The van der Waals surface area contributed by atoms with E-state index >= 15 is 0 Å². The van der Waals surface area contributed by atoms with Crippen LogP contribution >= 0.6 is 0 Å². The molecule has 0 unspecified atom stereocenters. The highest BCUT2D eigenvalue weighted by atomic mass is 32.2. The van der Waals surface area contributed by atoms with Gasteiger partial charge in [0.05, 0.1) is 20.1 Å². The van der Waals surface area contributed by atoms with Gasteiger partial charge in [0, 0.05) is 0 Å². The van der Waals surface area contributed by atoms with Crippen molar-refractivity contribution in [1.82, 2.24) is 14.9 Å². The first kappa shape index (κ1) is 22.2. The SMILES string of the molecule is CON(Cc1ccc(F)cc1)C(=O)CC(=O)C(=O)NS(=O)(=O)c1c(C)noc1C. The molecular weight excluding hydrogens is 409 g/mol. The minimum atomic E-state index is -4.41. The molecule has 2 aromatic rings. The van der Waals surface area contributed by atoms with Gasteiger partial charge in [0.25, 0.3) is 15.9 Å². The Morgan fingerprint density at radius 1 is 1.21 bits per heavy atom. The summed E-state index contributed by atoms with van der Waals surface area (Å²) < 4.78 is 43.8. The van der Waals surface area contributed by atoms with Crippen molar-refractivity contribution in [2.75, 3.05) is 7.11 Å². The van der Waals surface area contributed by atoms with Crippen molar-refractivity contribution >= 4 is 27.6 Å². The van der Waals surface area contributed by atoms with Crippen molar-refractivity contribution in [3.8, 4) is 0 Å². The number of carbonyl (C=O) groups is 3. The Kier molecular flexibility index (Phi) is 6.82. The van der Waals surface area contributed by atoms with Gasteiger partial charge in [-0.25, -0.2) is 22.6 Å². The Hall–Kier alpha value is -3.12. The lowest BCUT2D eigenvalue weighted by Crippen LogP contribution is -2.39. The van der Waals surface area contributed by atoms with Crippen molar-refractivity contribution in [1.29, 1.82) is 0 Å². The van der Waals surface area contributed by atoms with Crippen LogP contribution in [0.4, 0.5) is 4.39 Å². The molecule has 0 saturated heterocycles. The molecule has 0 fully saturated rings. The highest BCUT2D eigenvalue weighted by Crippen LogP contribution is 2.18. The number of ketones is 1. The van der Waals surface area contributed by atoms with E-state index in [-0.39, 0.29) is 22.9 Å². The van der Waals surface area contributed by atoms with Crippen LogP contribution in [0.15, 0.2) is 33.7 Å². The average Bonchev–Trinajstić information content (AvgIpc) is 2.99. The van der Waals surface area contributed by atoms with Gasteiger partial charge in [-0.1, -0.05) is 17.3 Å². The largest absolute Gasteiger partial charge is 0.360 e. The number of hydrogen-bond donors (Lipinski definition) is 1. The highest BCUT2D eigenvalue weighted by Gasteiger charge is 2.30. The number of carbonyl (C=O) groups excluding carboxylic acids is 3. The van der Waals surface area contributed by atoms with E-state index in [9.17, 15) is 27.2 Å². The molecule has 10 nitrogen and oxygen atoms in total. The number of hydrogen-bond acceptors (Lipinski definition) is 8. The molecule has 1 aromatic carbocycles. The zero-order chi connectivity index (χ0) is 21.8. The summed E-state index contributed by atoms with van der Waals surface area (Å²) in [7, 11) is -3.23. The number of amides is 2. The Balaban J connectivity index is 2.03. The lowest BCUT2D eigenvalue weighted by Gasteiger charge is -2.19. The van der Waals surface area contributed by atoms with Gasteiger partial charge in [0.2, 0.25) is 5.78 Å². The van der Waals surface area contributed by atoms with E-state index in [2.05, 4.69) is 5.16 Å². The predicted octanol–water partition coefficient (Wildman–Crippen LogP) is 0.785. The lowest BCUT2D eigenvalue weighted by molar-refractivity contribution is -0.180. The first-order valence-electron chi connectivity index (χ1n) is 8.17. The summed E-state index contributed by atoms with van der Waals surface area (Å²) in [6, 6.07) is 5.20. The molecule has 0 saturated carbocycles. The molecule has 0 radical (unpaired) electrons. The molecule has 1 aromatic heterocycles. The molecule has 29 heavy (non-hydrogen) atoms. The fourth-order valence-corrected chi connectivity index (χ4v) is 3.71. The zero-order valence-corrected chi connectivity index (χ0v) is 16.6. The van der Waals surface area contributed by atoms with Gasteiger partial charge < -0.3 is 4.52 Å². The smallest absolute Gasteiger partial charge is 0.301 e. The molecule has 0 atom stereocenters. The van der Waals surface area contributed by atoms with Crippen LogP contribution in [0.3, 0.4) is 0 Å². The summed E-state index contributed by atoms with van der Waals surface area (Å²) in [5.74, 6) is -4.18. The zero-order valence-electron chi connectivity index (χ0n) is 15.8. The molecule has 0 spiro atoms. The maximum Gasteiger partial charge on any atom is 0.301 e. The minimum Gasteiger partial charge on any atom is -0.360 e. The maximum absolute atomic E-state index is 13.0. The van der Waals surface area contributed by atoms with Gasteiger partial charge in [-0.05, 0) is 31.5 Å². The van der Waals surface area contributed by atoms with E-state index in [0.29, 0.717) is 5.56 Å². The average molecular weight is 427 g/mol. The summed E-state index contributed by atoms with van der Waals surface area (Å²) in [5, 5.41) is 4.26. The molecule has 156 valence electrons. The summed E-state index contributed by atoms with van der Waals surface area (Å²) in [5.41, 5.74) is 0.524. The van der Waals surface area contributed by atoms with Gasteiger partial charge in [-0.2, -0.15) is 0 Å². The van der Waals surface area contributed by atoms with E-state index in [4.69, 9.17) is 9.36 Å². The third-order valence-electron chi connectivity index (χ3n) is 3.77. The first-order chi connectivity index (χ1) is 13.5. The fraction of sp³-hybridized carbons (Fsp3) is 0.294. The lowest BCUT2D eigenvalue weighted by atomic mass is 10.2. The van der Waals surface area contributed by atoms with Crippen molar-refractivity contribution in [3.63, 3.8) is 0 Å². The number of nitrogens with one attached hydrogen (secondary N) is 1. The van der Waals surface area contributed by atoms with Gasteiger partial charge >= 0.3 is 5.91 Å². The second-order valence-electron chi connectivity index (χ2n) is 5.93. The molecule has 1 N–H and O–H groups in total.